The standard InChI is InChI=1S/C8H8ClFN2O3/c1-14-5(13)3-4-11-7(9)6(10)8(12-4)15-2/h3H2,1-2H3. The largest absolute Gasteiger partial charge is 0.479 e. The van der Waals surface area contributed by atoms with Crippen molar-refractivity contribution >= 4 is 17.6 Å². The normalized spacial score (nSPS) is 9.87. The molecule has 0 bridgehead atoms. The van der Waals surface area contributed by atoms with E-state index in [0.717, 1.165) is 0 Å². The van der Waals surface area contributed by atoms with Crippen molar-refractivity contribution < 1.29 is 18.7 Å². The van der Waals surface area contributed by atoms with Gasteiger partial charge >= 0.3 is 5.97 Å². The number of esters is 1. The van der Waals surface area contributed by atoms with Crippen molar-refractivity contribution in [2.75, 3.05) is 14.2 Å². The Hall–Kier alpha value is -1.43. The van der Waals surface area contributed by atoms with Crippen LogP contribution in [-0.4, -0.2) is 30.2 Å². The minimum Gasteiger partial charge on any atom is -0.479 e. The van der Waals surface area contributed by atoms with Crippen LogP contribution in [0.5, 0.6) is 5.88 Å². The van der Waals surface area contributed by atoms with Gasteiger partial charge in [-0.1, -0.05) is 11.6 Å². The van der Waals surface area contributed by atoms with Gasteiger partial charge in [0.15, 0.2) is 5.15 Å². The molecule has 0 fully saturated rings. The van der Waals surface area contributed by atoms with E-state index in [9.17, 15) is 9.18 Å². The number of rotatable bonds is 3. The van der Waals surface area contributed by atoms with Crippen LogP contribution in [0.4, 0.5) is 4.39 Å². The fourth-order valence-electron chi connectivity index (χ4n) is 0.857. The van der Waals surface area contributed by atoms with Gasteiger partial charge in [-0.15, -0.1) is 0 Å². The zero-order valence-corrected chi connectivity index (χ0v) is 8.84. The van der Waals surface area contributed by atoms with Crippen molar-refractivity contribution in [3.63, 3.8) is 0 Å². The highest BCUT2D eigenvalue weighted by molar-refractivity contribution is 6.29. The monoisotopic (exact) mass is 234 g/mol. The van der Waals surface area contributed by atoms with Crippen LogP contribution in [0.1, 0.15) is 5.82 Å². The summed E-state index contributed by atoms with van der Waals surface area (Å²) in [5.41, 5.74) is 0. The van der Waals surface area contributed by atoms with E-state index in [4.69, 9.17) is 11.6 Å². The van der Waals surface area contributed by atoms with Crippen LogP contribution in [-0.2, 0) is 16.0 Å². The molecule has 0 spiro atoms. The molecule has 0 saturated heterocycles. The number of aromatic nitrogens is 2. The molecule has 0 amide bonds. The molecule has 1 aromatic heterocycles. The van der Waals surface area contributed by atoms with Crippen LogP contribution in [0.3, 0.4) is 0 Å². The molecule has 82 valence electrons. The summed E-state index contributed by atoms with van der Waals surface area (Å²) < 4.78 is 22.1. The Labute approximate surface area is 90.2 Å². The van der Waals surface area contributed by atoms with Gasteiger partial charge in [0.1, 0.15) is 12.2 Å². The van der Waals surface area contributed by atoms with E-state index in [2.05, 4.69) is 19.4 Å². The predicted molar refractivity (Wildman–Crippen MR) is 49.3 cm³/mol. The van der Waals surface area contributed by atoms with E-state index in [-0.39, 0.29) is 23.3 Å². The number of hydrogen-bond donors (Lipinski definition) is 0. The van der Waals surface area contributed by atoms with Gasteiger partial charge in [-0.05, 0) is 0 Å². The van der Waals surface area contributed by atoms with Crippen LogP contribution in [0.25, 0.3) is 0 Å². The second kappa shape index (κ2) is 4.88. The number of ether oxygens (including phenoxy) is 2. The van der Waals surface area contributed by atoms with E-state index in [0.29, 0.717) is 0 Å². The fraction of sp³-hybridized carbons (Fsp3) is 0.375. The fourth-order valence-corrected chi connectivity index (χ4v) is 1.04. The Morgan fingerprint density at radius 1 is 1.47 bits per heavy atom. The molecule has 0 radical (unpaired) electrons. The number of hydrogen-bond acceptors (Lipinski definition) is 5. The minimum atomic E-state index is -0.854. The first-order chi connectivity index (χ1) is 7.08. The van der Waals surface area contributed by atoms with Gasteiger partial charge in [0.2, 0.25) is 5.82 Å². The highest BCUT2D eigenvalue weighted by Crippen LogP contribution is 2.20. The maximum absolute atomic E-state index is 13.1. The van der Waals surface area contributed by atoms with Gasteiger partial charge in [0.25, 0.3) is 5.88 Å². The molecule has 0 unspecified atom stereocenters. The average Bonchev–Trinajstić information content (AvgIpc) is 2.22. The van der Waals surface area contributed by atoms with Crippen molar-refractivity contribution in [3.8, 4) is 5.88 Å². The van der Waals surface area contributed by atoms with E-state index >= 15 is 0 Å². The lowest BCUT2D eigenvalue weighted by Crippen LogP contribution is -2.10. The Bertz CT molecular complexity index is 386. The summed E-state index contributed by atoms with van der Waals surface area (Å²) in [4.78, 5) is 18.1. The highest BCUT2D eigenvalue weighted by Gasteiger charge is 2.15. The second-order valence-electron chi connectivity index (χ2n) is 2.51. The molecule has 0 aliphatic carbocycles. The lowest BCUT2D eigenvalue weighted by atomic mass is 10.4. The number of nitrogens with zero attached hydrogens (tertiary/aromatic N) is 2. The molecule has 15 heavy (non-hydrogen) atoms. The van der Waals surface area contributed by atoms with Crippen molar-refractivity contribution in [2.24, 2.45) is 0 Å². The first-order valence-corrected chi connectivity index (χ1v) is 4.29. The molecule has 0 aliphatic heterocycles. The third kappa shape index (κ3) is 2.76. The SMILES string of the molecule is COC(=O)Cc1nc(Cl)c(F)c(OC)n1. The molecule has 1 aromatic rings. The van der Waals surface area contributed by atoms with E-state index in [1.807, 2.05) is 0 Å². The summed E-state index contributed by atoms with van der Waals surface area (Å²) in [6, 6.07) is 0. The molecule has 0 aliphatic rings. The Morgan fingerprint density at radius 2 is 2.13 bits per heavy atom. The maximum atomic E-state index is 13.1. The molecule has 1 heterocycles. The van der Waals surface area contributed by atoms with Gasteiger partial charge in [-0.3, -0.25) is 4.79 Å². The lowest BCUT2D eigenvalue weighted by molar-refractivity contribution is -0.139. The Kier molecular flexibility index (Phi) is 3.79. The molecule has 5 nitrogen and oxygen atoms in total. The average molecular weight is 235 g/mol. The first kappa shape index (κ1) is 11.6. The topological polar surface area (TPSA) is 61.3 Å². The molecular weight excluding hydrogens is 227 g/mol. The molecule has 1 rings (SSSR count). The summed E-state index contributed by atoms with van der Waals surface area (Å²) >= 11 is 5.47. The second-order valence-corrected chi connectivity index (χ2v) is 2.86. The van der Waals surface area contributed by atoms with Crippen molar-refractivity contribution in [2.45, 2.75) is 6.42 Å². The smallest absolute Gasteiger partial charge is 0.313 e. The zero-order chi connectivity index (χ0) is 11.4. The summed E-state index contributed by atoms with van der Waals surface area (Å²) in [5, 5.41) is -0.388. The highest BCUT2D eigenvalue weighted by atomic mass is 35.5. The van der Waals surface area contributed by atoms with Crippen molar-refractivity contribution in [3.05, 3.63) is 16.8 Å². The molecular formula is C8H8ClFN2O3. The Morgan fingerprint density at radius 3 is 2.67 bits per heavy atom. The van der Waals surface area contributed by atoms with Crippen LogP contribution in [0, 0.1) is 5.82 Å². The van der Waals surface area contributed by atoms with E-state index in [1.165, 1.54) is 14.2 Å². The van der Waals surface area contributed by atoms with Crippen molar-refractivity contribution in [1.82, 2.24) is 9.97 Å². The van der Waals surface area contributed by atoms with Crippen LogP contribution in [0.2, 0.25) is 5.15 Å². The molecule has 0 N–H and O–H groups in total. The number of carbonyl (C=O) groups excluding carboxylic acids is 1. The van der Waals surface area contributed by atoms with Gasteiger partial charge < -0.3 is 9.47 Å². The predicted octanol–water partition coefficient (Wildman–Crippen LogP) is 0.993. The quantitative estimate of drug-likeness (QED) is 0.577. The molecule has 0 saturated carbocycles. The van der Waals surface area contributed by atoms with Gasteiger partial charge in [0, 0.05) is 0 Å². The summed E-state index contributed by atoms with van der Waals surface area (Å²) in [5.74, 6) is -1.65. The third-order valence-electron chi connectivity index (χ3n) is 1.55. The van der Waals surface area contributed by atoms with Crippen molar-refractivity contribution in [1.29, 1.82) is 0 Å². The zero-order valence-electron chi connectivity index (χ0n) is 8.08. The van der Waals surface area contributed by atoms with E-state index < -0.39 is 11.8 Å². The molecule has 0 aromatic carbocycles. The number of carbonyl (C=O) groups is 1. The summed E-state index contributed by atoms with van der Waals surface area (Å²) in [7, 11) is 2.47. The number of halogens is 2. The minimum absolute atomic E-state index is 0.0464. The molecule has 7 heteroatoms. The van der Waals surface area contributed by atoms with Gasteiger partial charge in [-0.2, -0.15) is 9.37 Å². The van der Waals surface area contributed by atoms with Crippen LogP contribution in [0.15, 0.2) is 0 Å². The van der Waals surface area contributed by atoms with Gasteiger partial charge in [0.05, 0.1) is 14.2 Å². The van der Waals surface area contributed by atoms with Gasteiger partial charge in [-0.25, -0.2) is 4.98 Å². The van der Waals surface area contributed by atoms with E-state index in [1.54, 1.807) is 0 Å². The first-order valence-electron chi connectivity index (χ1n) is 3.91. The molecule has 0 atom stereocenters. The third-order valence-corrected chi connectivity index (χ3v) is 1.80. The summed E-state index contributed by atoms with van der Waals surface area (Å²) in [6.45, 7) is 0. The van der Waals surface area contributed by atoms with Crippen LogP contribution >= 0.6 is 11.6 Å². The number of methoxy groups -OCH3 is 2. The maximum Gasteiger partial charge on any atom is 0.313 e. The Balaban J connectivity index is 3.00. The van der Waals surface area contributed by atoms with Crippen LogP contribution < -0.4 is 4.74 Å². The summed E-state index contributed by atoms with van der Waals surface area (Å²) in [6.07, 6.45) is -0.188. The lowest BCUT2D eigenvalue weighted by Gasteiger charge is -2.04.